The van der Waals surface area contributed by atoms with Gasteiger partial charge in [0.1, 0.15) is 12.4 Å². The van der Waals surface area contributed by atoms with E-state index in [1.807, 2.05) is 30.3 Å². The molecule has 0 bridgehead atoms. The van der Waals surface area contributed by atoms with E-state index in [0.29, 0.717) is 11.3 Å². The van der Waals surface area contributed by atoms with E-state index in [0.717, 1.165) is 5.56 Å². The van der Waals surface area contributed by atoms with Gasteiger partial charge in [-0.25, -0.2) is 8.42 Å². The summed E-state index contributed by atoms with van der Waals surface area (Å²) in [6.45, 7) is 0.0626. The summed E-state index contributed by atoms with van der Waals surface area (Å²) in [5, 5.41) is 13.6. The lowest BCUT2D eigenvalue weighted by Crippen LogP contribution is -2.14. The Kier molecular flexibility index (Phi) is 6.92. The number of sulfonamides is 1. The number of nitrogens with one attached hydrogen (secondary N) is 1. The van der Waals surface area contributed by atoms with Crippen molar-refractivity contribution < 1.29 is 18.3 Å². The van der Waals surface area contributed by atoms with Gasteiger partial charge in [-0.1, -0.05) is 59.7 Å². The van der Waals surface area contributed by atoms with Crippen molar-refractivity contribution in [2.24, 2.45) is 5.11 Å². The van der Waals surface area contributed by atoms with E-state index in [1.165, 1.54) is 18.2 Å². The highest BCUT2D eigenvalue weighted by molar-refractivity contribution is 7.92. The Bertz CT molecular complexity index is 1130. The lowest BCUT2D eigenvalue weighted by Gasteiger charge is -2.17. The first-order valence-corrected chi connectivity index (χ1v) is 10.6. The summed E-state index contributed by atoms with van der Waals surface area (Å²) >= 11 is 0. The van der Waals surface area contributed by atoms with Crippen molar-refractivity contribution in [3.05, 3.63) is 100 Å². The van der Waals surface area contributed by atoms with Gasteiger partial charge in [-0.3, -0.25) is 4.72 Å². The SMILES string of the molecule is [N-]=[N+]=NCC(O)c1ccc(OCc2ccccc2)c(NS(=O)(=O)c2ccccc2)c1. The zero-order chi connectivity index (χ0) is 21.4. The maximum Gasteiger partial charge on any atom is 0.262 e. The van der Waals surface area contributed by atoms with Crippen LogP contribution in [0.25, 0.3) is 10.4 Å². The summed E-state index contributed by atoms with van der Waals surface area (Å²) in [7, 11) is -3.87. The fourth-order valence-corrected chi connectivity index (χ4v) is 3.80. The first-order valence-electron chi connectivity index (χ1n) is 9.07. The molecule has 0 radical (unpaired) electrons. The molecule has 0 spiro atoms. The van der Waals surface area contributed by atoms with Crippen LogP contribution >= 0.6 is 0 Å². The number of azide groups is 1. The Morgan fingerprint density at radius 1 is 1.03 bits per heavy atom. The van der Waals surface area contributed by atoms with Crippen molar-refractivity contribution in [3.63, 3.8) is 0 Å². The lowest BCUT2D eigenvalue weighted by atomic mass is 10.1. The molecule has 2 N–H and O–H groups in total. The van der Waals surface area contributed by atoms with Crippen LogP contribution in [-0.4, -0.2) is 20.1 Å². The Morgan fingerprint density at radius 3 is 2.37 bits per heavy atom. The normalized spacial score (nSPS) is 11.9. The Balaban J connectivity index is 1.92. The van der Waals surface area contributed by atoms with E-state index in [1.54, 1.807) is 30.3 Å². The van der Waals surface area contributed by atoms with E-state index in [-0.39, 0.29) is 23.7 Å². The monoisotopic (exact) mass is 424 g/mol. The van der Waals surface area contributed by atoms with Gasteiger partial charge in [-0.05, 0) is 40.9 Å². The predicted molar refractivity (Wildman–Crippen MR) is 113 cm³/mol. The van der Waals surface area contributed by atoms with Crippen molar-refractivity contribution in [1.29, 1.82) is 0 Å². The summed E-state index contributed by atoms with van der Waals surface area (Å²) in [6, 6.07) is 22.0. The molecular weight excluding hydrogens is 404 g/mol. The average molecular weight is 424 g/mol. The molecule has 0 saturated heterocycles. The quantitative estimate of drug-likeness (QED) is 0.300. The smallest absolute Gasteiger partial charge is 0.262 e. The van der Waals surface area contributed by atoms with Crippen LogP contribution in [0.5, 0.6) is 5.75 Å². The molecule has 3 rings (SSSR count). The summed E-state index contributed by atoms with van der Waals surface area (Å²) in [5.74, 6) is 0.304. The van der Waals surface area contributed by atoms with Gasteiger partial charge >= 0.3 is 0 Å². The summed E-state index contributed by atoms with van der Waals surface area (Å²) in [5.41, 5.74) is 9.93. The number of nitrogens with zero attached hydrogens (tertiary/aromatic N) is 3. The molecule has 0 heterocycles. The van der Waals surface area contributed by atoms with E-state index >= 15 is 0 Å². The molecule has 0 aliphatic rings. The average Bonchev–Trinajstić information content (AvgIpc) is 2.77. The third-order valence-electron chi connectivity index (χ3n) is 4.24. The molecule has 3 aromatic carbocycles. The summed E-state index contributed by atoms with van der Waals surface area (Å²) in [6.07, 6.45) is -1.08. The van der Waals surface area contributed by atoms with Crippen molar-refractivity contribution in [1.82, 2.24) is 0 Å². The number of hydrogen-bond donors (Lipinski definition) is 2. The molecular formula is C21H20N4O4S. The molecule has 0 aliphatic carbocycles. The number of benzene rings is 3. The molecule has 1 atom stereocenters. The topological polar surface area (TPSA) is 124 Å². The van der Waals surface area contributed by atoms with Crippen LogP contribution < -0.4 is 9.46 Å². The van der Waals surface area contributed by atoms with E-state index in [9.17, 15) is 13.5 Å². The highest BCUT2D eigenvalue weighted by atomic mass is 32.2. The Morgan fingerprint density at radius 2 is 1.70 bits per heavy atom. The maximum atomic E-state index is 12.8. The van der Waals surface area contributed by atoms with Crippen LogP contribution in [0.15, 0.2) is 88.9 Å². The fourth-order valence-electron chi connectivity index (χ4n) is 2.72. The maximum absolute atomic E-state index is 12.8. The van der Waals surface area contributed by atoms with Crippen LogP contribution in [0.2, 0.25) is 0 Å². The van der Waals surface area contributed by atoms with Gasteiger partial charge in [-0.15, -0.1) is 0 Å². The van der Waals surface area contributed by atoms with Gasteiger partial charge in [0, 0.05) is 4.91 Å². The van der Waals surface area contributed by atoms with Crippen LogP contribution in [0.3, 0.4) is 0 Å². The Hall–Kier alpha value is -3.52. The molecule has 154 valence electrons. The minimum absolute atomic E-state index is 0.0963. The summed E-state index contributed by atoms with van der Waals surface area (Å²) < 4.78 is 33.9. The molecule has 0 saturated carbocycles. The second kappa shape index (κ2) is 9.80. The standard InChI is InChI=1S/C21H20N4O4S/c22-25-23-14-20(26)17-11-12-21(29-15-16-7-3-1-4-8-16)19(13-17)24-30(27,28)18-9-5-2-6-10-18/h1-13,20,24,26H,14-15H2. The minimum Gasteiger partial charge on any atom is -0.487 e. The molecule has 9 heteroatoms. The van der Waals surface area contributed by atoms with E-state index < -0.39 is 16.1 Å². The van der Waals surface area contributed by atoms with Gasteiger partial charge in [-0.2, -0.15) is 0 Å². The molecule has 8 nitrogen and oxygen atoms in total. The zero-order valence-corrected chi connectivity index (χ0v) is 16.7. The van der Waals surface area contributed by atoms with Crippen molar-refractivity contribution >= 4 is 15.7 Å². The third kappa shape index (κ3) is 5.51. The molecule has 3 aromatic rings. The van der Waals surface area contributed by atoms with Crippen molar-refractivity contribution in [3.8, 4) is 5.75 Å². The fraction of sp³-hybridized carbons (Fsp3) is 0.143. The van der Waals surface area contributed by atoms with Gasteiger partial charge in [0.05, 0.1) is 23.2 Å². The highest BCUT2D eigenvalue weighted by Crippen LogP contribution is 2.31. The first kappa shape index (κ1) is 21.2. The van der Waals surface area contributed by atoms with E-state index in [4.69, 9.17) is 10.3 Å². The second-order valence-corrected chi connectivity index (χ2v) is 8.06. The van der Waals surface area contributed by atoms with Crippen LogP contribution in [0, 0.1) is 0 Å². The van der Waals surface area contributed by atoms with Crippen molar-refractivity contribution in [2.45, 2.75) is 17.6 Å². The molecule has 0 amide bonds. The predicted octanol–water partition coefficient (Wildman–Crippen LogP) is 4.41. The Labute approximate surface area is 174 Å². The molecule has 0 aliphatic heterocycles. The van der Waals surface area contributed by atoms with Crippen molar-refractivity contribution in [2.75, 3.05) is 11.3 Å². The number of rotatable bonds is 9. The van der Waals surface area contributed by atoms with Gasteiger partial charge in [0.25, 0.3) is 10.0 Å². The van der Waals surface area contributed by atoms with Crippen LogP contribution in [-0.2, 0) is 16.6 Å². The van der Waals surface area contributed by atoms with Gasteiger partial charge < -0.3 is 9.84 Å². The lowest BCUT2D eigenvalue weighted by molar-refractivity contribution is 0.186. The number of aliphatic hydroxyl groups excluding tert-OH is 1. The van der Waals surface area contributed by atoms with E-state index in [2.05, 4.69) is 14.7 Å². The van der Waals surface area contributed by atoms with Gasteiger partial charge in [0.15, 0.2) is 0 Å². The number of ether oxygens (including phenoxy) is 1. The van der Waals surface area contributed by atoms with Crippen LogP contribution in [0.4, 0.5) is 5.69 Å². The molecule has 1 unspecified atom stereocenters. The van der Waals surface area contributed by atoms with Gasteiger partial charge in [0.2, 0.25) is 0 Å². The first-order chi connectivity index (χ1) is 14.5. The number of hydrogen-bond acceptors (Lipinski definition) is 5. The molecule has 30 heavy (non-hydrogen) atoms. The summed E-state index contributed by atoms with van der Waals surface area (Å²) in [4.78, 5) is 2.73. The molecule has 0 aromatic heterocycles. The molecule has 0 fully saturated rings. The third-order valence-corrected chi connectivity index (χ3v) is 5.62. The highest BCUT2D eigenvalue weighted by Gasteiger charge is 2.18. The second-order valence-electron chi connectivity index (χ2n) is 6.38. The largest absolute Gasteiger partial charge is 0.487 e. The zero-order valence-electron chi connectivity index (χ0n) is 15.9. The number of anilines is 1. The van der Waals surface area contributed by atoms with Crippen LogP contribution in [0.1, 0.15) is 17.2 Å². The minimum atomic E-state index is -3.87. The number of aliphatic hydroxyl groups is 1.